The summed E-state index contributed by atoms with van der Waals surface area (Å²) in [6.45, 7) is 2.27. The Bertz CT molecular complexity index is 780. The van der Waals surface area contributed by atoms with Crippen LogP contribution in [0.1, 0.15) is 94.6 Å². The van der Waals surface area contributed by atoms with Crippen molar-refractivity contribution in [2.45, 2.75) is 95.6 Å². The quantitative estimate of drug-likeness (QED) is 0.272. The van der Waals surface area contributed by atoms with Gasteiger partial charge in [-0.15, -0.1) is 0 Å². The maximum atomic E-state index is 14.3. The maximum Gasteiger partial charge on any atom is 0.235 e. The number of hydrogen-bond acceptors (Lipinski definition) is 1. The fourth-order valence-electron chi connectivity index (χ4n) is 5.11. The van der Waals surface area contributed by atoms with Crippen molar-refractivity contribution in [2.75, 3.05) is 0 Å². The van der Waals surface area contributed by atoms with Crippen LogP contribution < -0.4 is 0 Å². The molecule has 0 bridgehead atoms. The highest BCUT2D eigenvalue weighted by molar-refractivity contribution is 5.42. The topological polar surface area (TPSA) is 23.8 Å². The van der Waals surface area contributed by atoms with E-state index in [-0.39, 0.29) is 0 Å². The second-order valence-electron chi connectivity index (χ2n) is 9.62. The number of nitriles is 1. The molecule has 31 heavy (non-hydrogen) atoms. The molecule has 0 N–H and O–H groups in total. The Labute approximate surface area is 187 Å². The van der Waals surface area contributed by atoms with Crippen molar-refractivity contribution >= 4 is 0 Å². The highest BCUT2D eigenvalue weighted by Crippen LogP contribution is 2.36. The summed E-state index contributed by atoms with van der Waals surface area (Å²) < 4.78 is 28.2. The molecule has 2 atom stereocenters. The largest absolute Gasteiger partial charge is 0.235 e. The fourth-order valence-corrected chi connectivity index (χ4v) is 5.11. The van der Waals surface area contributed by atoms with Gasteiger partial charge in [-0.2, -0.15) is 5.26 Å². The molecule has 2 aliphatic carbocycles. The molecule has 0 aromatic heterocycles. The van der Waals surface area contributed by atoms with Crippen LogP contribution in [0.2, 0.25) is 0 Å². The molecule has 1 nitrogen and oxygen atoms in total. The van der Waals surface area contributed by atoms with E-state index in [0.717, 1.165) is 36.0 Å². The van der Waals surface area contributed by atoms with E-state index in [2.05, 4.69) is 19.1 Å². The van der Waals surface area contributed by atoms with Crippen molar-refractivity contribution in [3.05, 3.63) is 59.4 Å². The van der Waals surface area contributed by atoms with Crippen LogP contribution >= 0.6 is 0 Å². The monoisotopic (exact) mass is 425 g/mol. The van der Waals surface area contributed by atoms with E-state index in [1.54, 1.807) is 0 Å². The van der Waals surface area contributed by atoms with Crippen LogP contribution in [0.3, 0.4) is 0 Å². The highest BCUT2D eigenvalue weighted by atomic mass is 19.1. The molecule has 1 fully saturated rings. The van der Waals surface area contributed by atoms with E-state index >= 15 is 0 Å². The molecule has 2 aliphatic rings. The average molecular weight is 426 g/mol. The number of allylic oxidation sites excluding steroid dienone is 4. The molecule has 1 aromatic carbocycles. The highest BCUT2D eigenvalue weighted by Gasteiger charge is 2.31. The Balaban J connectivity index is 1.39. The molecule has 0 aliphatic heterocycles. The van der Waals surface area contributed by atoms with Crippen LogP contribution in [0.25, 0.3) is 0 Å². The van der Waals surface area contributed by atoms with Crippen molar-refractivity contribution < 1.29 is 8.78 Å². The van der Waals surface area contributed by atoms with Gasteiger partial charge in [-0.05, 0) is 41.9 Å². The third-order valence-corrected chi connectivity index (χ3v) is 7.21. The Morgan fingerprint density at radius 3 is 2.23 bits per heavy atom. The molecule has 0 spiro atoms. The zero-order chi connectivity index (χ0) is 22.1. The fraction of sp³-hybridized carbons (Fsp3) is 0.607. The minimum absolute atomic E-state index is 0.594. The van der Waals surface area contributed by atoms with Crippen LogP contribution in [0, 0.1) is 23.2 Å². The third-order valence-electron chi connectivity index (χ3n) is 7.21. The van der Waals surface area contributed by atoms with Crippen LogP contribution in [-0.4, -0.2) is 5.67 Å². The summed E-state index contributed by atoms with van der Waals surface area (Å²) >= 11 is 0. The van der Waals surface area contributed by atoms with Gasteiger partial charge in [0.05, 0.1) is 5.92 Å². The Hall–Kier alpha value is -1.95. The van der Waals surface area contributed by atoms with Crippen LogP contribution in [0.4, 0.5) is 8.78 Å². The lowest BCUT2D eigenvalue weighted by Gasteiger charge is -2.28. The lowest BCUT2D eigenvalue weighted by atomic mass is 9.77. The van der Waals surface area contributed by atoms with Gasteiger partial charge in [0, 0.05) is 6.08 Å². The van der Waals surface area contributed by atoms with E-state index in [9.17, 15) is 8.78 Å². The number of aryl methyl sites for hydroxylation is 1. The second kappa shape index (κ2) is 11.6. The van der Waals surface area contributed by atoms with Gasteiger partial charge in [0.2, 0.25) is 5.67 Å². The molecular weight excluding hydrogens is 388 g/mol. The maximum absolute atomic E-state index is 14.3. The normalized spacial score (nSPS) is 28.2. The van der Waals surface area contributed by atoms with Gasteiger partial charge in [0.1, 0.15) is 11.9 Å². The van der Waals surface area contributed by atoms with Gasteiger partial charge >= 0.3 is 0 Å². The average Bonchev–Trinajstić information content (AvgIpc) is 2.79. The summed E-state index contributed by atoms with van der Waals surface area (Å²) in [6.07, 6.45) is 19.6. The molecule has 1 aromatic rings. The van der Waals surface area contributed by atoms with Crippen molar-refractivity contribution in [3.8, 4) is 6.07 Å². The van der Waals surface area contributed by atoms with Gasteiger partial charge in [-0.25, -0.2) is 8.78 Å². The lowest BCUT2D eigenvalue weighted by molar-refractivity contribution is 0.248. The van der Waals surface area contributed by atoms with E-state index < -0.39 is 17.4 Å². The summed E-state index contributed by atoms with van der Waals surface area (Å²) in [4.78, 5) is 0. The smallest absolute Gasteiger partial charge is 0.218 e. The summed E-state index contributed by atoms with van der Waals surface area (Å²) in [5, 5.41) is 8.82. The molecule has 1 saturated carbocycles. The first-order valence-electron chi connectivity index (χ1n) is 12.3. The molecule has 0 radical (unpaired) electrons. The summed E-state index contributed by atoms with van der Waals surface area (Å²) in [7, 11) is 0. The van der Waals surface area contributed by atoms with E-state index in [1.807, 2.05) is 12.1 Å². The predicted octanol–water partition coefficient (Wildman–Crippen LogP) is 8.52. The molecule has 0 heterocycles. The molecule has 3 rings (SSSR count). The Morgan fingerprint density at radius 1 is 0.968 bits per heavy atom. The van der Waals surface area contributed by atoms with Crippen molar-refractivity contribution in [3.63, 3.8) is 0 Å². The van der Waals surface area contributed by atoms with Gasteiger partial charge in [0.25, 0.3) is 0 Å². The molecule has 168 valence electrons. The van der Waals surface area contributed by atoms with E-state index in [1.165, 1.54) is 88.3 Å². The van der Waals surface area contributed by atoms with Crippen LogP contribution in [-0.2, 0) is 6.42 Å². The summed E-state index contributed by atoms with van der Waals surface area (Å²) in [5.74, 6) is 0.596. The summed E-state index contributed by atoms with van der Waals surface area (Å²) in [6, 6.07) is 9.50. The van der Waals surface area contributed by atoms with Gasteiger partial charge in [-0.1, -0.05) is 101 Å². The number of unbranched alkanes of at least 4 members (excludes halogenated alkanes) is 4. The predicted molar refractivity (Wildman–Crippen MR) is 124 cm³/mol. The molecular formula is C28H37F2N. The van der Waals surface area contributed by atoms with Crippen molar-refractivity contribution in [1.82, 2.24) is 0 Å². The first kappa shape index (κ1) is 23.7. The third kappa shape index (κ3) is 7.03. The number of alkyl halides is 1. The van der Waals surface area contributed by atoms with Crippen molar-refractivity contribution in [1.29, 1.82) is 5.26 Å². The standard InChI is InChI=1S/C28H37F2N/c1-2-3-4-5-6-7-22-8-10-23(11-9-22)12-13-24-14-16-25(17-15-24)26-18-19-28(30,21-31)20-27(26)29/h14-20,22-23,26H,2-13H2,1H3. The molecule has 0 amide bonds. The second-order valence-corrected chi connectivity index (χ2v) is 9.62. The Kier molecular flexibility index (Phi) is 8.88. The van der Waals surface area contributed by atoms with E-state index in [4.69, 9.17) is 5.26 Å². The van der Waals surface area contributed by atoms with Crippen molar-refractivity contribution in [2.24, 2.45) is 11.8 Å². The van der Waals surface area contributed by atoms with Crippen LogP contribution in [0.15, 0.2) is 48.3 Å². The molecule has 0 saturated heterocycles. The number of benzene rings is 1. The first-order valence-corrected chi connectivity index (χ1v) is 12.3. The number of hydrogen-bond donors (Lipinski definition) is 0. The lowest BCUT2D eigenvalue weighted by Crippen LogP contribution is -2.18. The Morgan fingerprint density at radius 2 is 1.61 bits per heavy atom. The minimum atomic E-state index is -2.32. The van der Waals surface area contributed by atoms with E-state index in [0.29, 0.717) is 0 Å². The first-order chi connectivity index (χ1) is 15.0. The minimum Gasteiger partial charge on any atom is -0.218 e. The number of halogens is 2. The van der Waals surface area contributed by atoms with Crippen LogP contribution in [0.5, 0.6) is 0 Å². The van der Waals surface area contributed by atoms with Gasteiger partial charge in [0.15, 0.2) is 0 Å². The zero-order valence-corrected chi connectivity index (χ0v) is 19.0. The molecule has 2 unspecified atom stereocenters. The zero-order valence-electron chi connectivity index (χ0n) is 19.0. The SMILES string of the molecule is CCCCCCCC1CCC(CCc2ccc(C3C=CC(F)(C#N)C=C3F)cc2)CC1. The number of nitrogens with zero attached hydrogens (tertiary/aromatic N) is 1. The van der Waals surface area contributed by atoms with Gasteiger partial charge < -0.3 is 0 Å². The molecule has 3 heteroatoms. The number of rotatable bonds is 10. The van der Waals surface area contributed by atoms with Gasteiger partial charge in [-0.3, -0.25) is 0 Å². The summed E-state index contributed by atoms with van der Waals surface area (Å²) in [5.41, 5.74) is -0.245.